The van der Waals surface area contributed by atoms with Gasteiger partial charge in [0.25, 0.3) is 0 Å². The standard InChI is InChI=1S/C24H20ClNO4/c1-14(26)23(27)30-22-11-10-15(25)12-20(22)24(28)29-13-21-18-8-4-2-6-16(18)17-7-3-5-9-19(17)21/h2-12,14,21H,13,26H2,1H3/t14-/m0/s1. The van der Waals surface area contributed by atoms with Crippen LogP contribution in [0.25, 0.3) is 11.1 Å². The van der Waals surface area contributed by atoms with Gasteiger partial charge in [-0.15, -0.1) is 0 Å². The summed E-state index contributed by atoms with van der Waals surface area (Å²) in [5.74, 6) is -1.27. The molecule has 0 aromatic heterocycles. The van der Waals surface area contributed by atoms with Crippen molar-refractivity contribution >= 4 is 23.5 Å². The zero-order valence-corrected chi connectivity index (χ0v) is 17.1. The third kappa shape index (κ3) is 3.82. The van der Waals surface area contributed by atoms with Crippen LogP contribution in [0.3, 0.4) is 0 Å². The molecule has 3 aromatic carbocycles. The summed E-state index contributed by atoms with van der Waals surface area (Å²) in [7, 11) is 0. The number of benzene rings is 3. The Balaban J connectivity index is 1.58. The molecule has 0 heterocycles. The third-order valence-electron chi connectivity index (χ3n) is 5.09. The smallest absolute Gasteiger partial charge is 0.342 e. The molecule has 1 aliphatic carbocycles. The number of halogens is 1. The van der Waals surface area contributed by atoms with E-state index in [0.717, 1.165) is 22.3 Å². The second-order valence-electron chi connectivity index (χ2n) is 7.18. The fourth-order valence-electron chi connectivity index (χ4n) is 3.63. The Morgan fingerprint density at radius 3 is 2.20 bits per heavy atom. The molecule has 6 heteroatoms. The van der Waals surface area contributed by atoms with Gasteiger partial charge in [-0.3, -0.25) is 0 Å². The molecular weight excluding hydrogens is 402 g/mol. The Kier molecular flexibility index (Phi) is 5.57. The monoisotopic (exact) mass is 421 g/mol. The fraction of sp³-hybridized carbons (Fsp3) is 0.167. The summed E-state index contributed by atoms with van der Waals surface area (Å²) in [5.41, 5.74) is 10.1. The normalized spacial score (nSPS) is 13.3. The maximum Gasteiger partial charge on any atom is 0.342 e. The molecule has 0 radical (unpaired) electrons. The topological polar surface area (TPSA) is 78.6 Å². The molecule has 0 amide bonds. The molecule has 0 fully saturated rings. The molecule has 1 aliphatic rings. The van der Waals surface area contributed by atoms with E-state index < -0.39 is 18.0 Å². The molecule has 5 nitrogen and oxygen atoms in total. The SMILES string of the molecule is C[C@H](N)C(=O)Oc1ccc(Cl)cc1C(=O)OCC1c2ccccc2-c2ccccc21. The van der Waals surface area contributed by atoms with Gasteiger partial charge in [0.15, 0.2) is 0 Å². The summed E-state index contributed by atoms with van der Waals surface area (Å²) in [4.78, 5) is 24.7. The van der Waals surface area contributed by atoms with Crippen molar-refractivity contribution in [2.24, 2.45) is 5.73 Å². The van der Waals surface area contributed by atoms with E-state index in [1.54, 1.807) is 0 Å². The van der Waals surface area contributed by atoms with Crippen molar-refractivity contribution in [2.45, 2.75) is 18.9 Å². The summed E-state index contributed by atoms with van der Waals surface area (Å²) in [5, 5.41) is 0.333. The Morgan fingerprint density at radius 1 is 1.00 bits per heavy atom. The van der Waals surface area contributed by atoms with Crippen molar-refractivity contribution in [1.82, 2.24) is 0 Å². The van der Waals surface area contributed by atoms with Crippen molar-refractivity contribution in [3.63, 3.8) is 0 Å². The maximum atomic E-state index is 12.8. The molecule has 0 unspecified atom stereocenters. The van der Waals surface area contributed by atoms with E-state index in [-0.39, 0.29) is 23.8 Å². The molecule has 2 N–H and O–H groups in total. The van der Waals surface area contributed by atoms with Gasteiger partial charge in [0, 0.05) is 10.9 Å². The van der Waals surface area contributed by atoms with Crippen molar-refractivity contribution in [3.8, 4) is 16.9 Å². The lowest BCUT2D eigenvalue weighted by atomic mass is 9.98. The zero-order valence-electron chi connectivity index (χ0n) is 16.3. The summed E-state index contributed by atoms with van der Waals surface area (Å²) < 4.78 is 10.9. The zero-order chi connectivity index (χ0) is 21.3. The average Bonchev–Trinajstić information content (AvgIpc) is 3.07. The molecule has 0 aliphatic heterocycles. The number of hydrogen-bond acceptors (Lipinski definition) is 5. The lowest BCUT2D eigenvalue weighted by Gasteiger charge is -2.16. The number of esters is 2. The Morgan fingerprint density at radius 2 is 1.60 bits per heavy atom. The first-order valence-electron chi connectivity index (χ1n) is 9.58. The highest BCUT2D eigenvalue weighted by Crippen LogP contribution is 2.44. The summed E-state index contributed by atoms with van der Waals surface area (Å²) in [6.07, 6.45) is 0. The van der Waals surface area contributed by atoms with Crippen molar-refractivity contribution < 1.29 is 19.1 Å². The minimum Gasteiger partial charge on any atom is -0.461 e. The van der Waals surface area contributed by atoms with Crippen LogP contribution in [0.15, 0.2) is 66.7 Å². The number of ether oxygens (including phenoxy) is 2. The highest BCUT2D eigenvalue weighted by molar-refractivity contribution is 6.31. The molecule has 0 bridgehead atoms. The molecule has 0 saturated heterocycles. The van der Waals surface area contributed by atoms with Crippen LogP contribution in [-0.2, 0) is 9.53 Å². The predicted molar refractivity (Wildman–Crippen MR) is 115 cm³/mol. The van der Waals surface area contributed by atoms with Crippen LogP contribution >= 0.6 is 11.6 Å². The van der Waals surface area contributed by atoms with Crippen molar-refractivity contribution in [3.05, 3.63) is 88.4 Å². The second-order valence-corrected chi connectivity index (χ2v) is 7.61. The number of carbonyl (C=O) groups is 2. The van der Waals surface area contributed by atoms with E-state index in [1.807, 2.05) is 36.4 Å². The number of hydrogen-bond donors (Lipinski definition) is 1. The first kappa shape index (κ1) is 20.1. The van der Waals surface area contributed by atoms with Crippen molar-refractivity contribution in [1.29, 1.82) is 0 Å². The summed E-state index contributed by atoms with van der Waals surface area (Å²) >= 11 is 6.05. The Bertz CT molecular complexity index is 1080. The lowest BCUT2D eigenvalue weighted by Crippen LogP contribution is -2.31. The van der Waals surface area contributed by atoms with Gasteiger partial charge in [0.05, 0.1) is 0 Å². The molecule has 0 saturated carbocycles. The molecule has 1 atom stereocenters. The van der Waals surface area contributed by atoms with Crippen molar-refractivity contribution in [2.75, 3.05) is 6.61 Å². The first-order valence-corrected chi connectivity index (χ1v) is 9.95. The Hall–Kier alpha value is -3.15. The highest BCUT2D eigenvalue weighted by atomic mass is 35.5. The van der Waals surface area contributed by atoms with Crippen LogP contribution in [0.4, 0.5) is 0 Å². The molecule has 152 valence electrons. The molecule has 4 rings (SSSR count). The van der Waals surface area contributed by atoms with Gasteiger partial charge >= 0.3 is 11.9 Å². The fourth-order valence-corrected chi connectivity index (χ4v) is 3.80. The third-order valence-corrected chi connectivity index (χ3v) is 5.32. The number of rotatable bonds is 5. The maximum absolute atomic E-state index is 12.8. The van der Waals surface area contributed by atoms with Crippen LogP contribution in [0, 0.1) is 0 Å². The van der Waals surface area contributed by atoms with E-state index >= 15 is 0 Å². The average molecular weight is 422 g/mol. The largest absolute Gasteiger partial charge is 0.461 e. The van der Waals surface area contributed by atoms with Crippen LogP contribution in [0.5, 0.6) is 5.75 Å². The van der Waals surface area contributed by atoms with E-state index in [4.69, 9.17) is 26.8 Å². The van der Waals surface area contributed by atoms with Crippen LogP contribution in [-0.4, -0.2) is 24.6 Å². The molecule has 0 spiro atoms. The first-order chi connectivity index (χ1) is 14.5. The molecule has 3 aromatic rings. The molecule has 30 heavy (non-hydrogen) atoms. The van der Waals surface area contributed by atoms with E-state index in [2.05, 4.69) is 12.1 Å². The number of fused-ring (bicyclic) bond motifs is 3. The Labute approximate surface area is 179 Å². The van der Waals surface area contributed by atoms with Gasteiger partial charge in [0.2, 0.25) is 0 Å². The van der Waals surface area contributed by atoms with E-state index in [1.165, 1.54) is 25.1 Å². The van der Waals surface area contributed by atoms with Gasteiger partial charge in [-0.05, 0) is 47.4 Å². The second kappa shape index (κ2) is 8.30. The van der Waals surface area contributed by atoms with Crippen LogP contribution < -0.4 is 10.5 Å². The van der Waals surface area contributed by atoms with Gasteiger partial charge in [-0.2, -0.15) is 0 Å². The van der Waals surface area contributed by atoms with Gasteiger partial charge in [-0.25, -0.2) is 9.59 Å². The van der Waals surface area contributed by atoms with Gasteiger partial charge < -0.3 is 15.2 Å². The minimum absolute atomic E-state index is 0.0684. The van der Waals surface area contributed by atoms with Crippen LogP contribution in [0.1, 0.15) is 34.3 Å². The summed E-state index contributed by atoms with van der Waals surface area (Å²) in [6.45, 7) is 1.66. The van der Waals surface area contributed by atoms with Gasteiger partial charge in [-0.1, -0.05) is 60.1 Å². The van der Waals surface area contributed by atoms with Gasteiger partial charge in [0.1, 0.15) is 24.0 Å². The predicted octanol–water partition coefficient (Wildman–Crippen LogP) is 4.56. The highest BCUT2D eigenvalue weighted by Gasteiger charge is 2.29. The molecular formula is C24H20ClNO4. The number of carbonyl (C=O) groups excluding carboxylic acids is 2. The quantitative estimate of drug-likeness (QED) is 0.482. The number of nitrogens with two attached hydrogens (primary N) is 1. The van der Waals surface area contributed by atoms with E-state index in [9.17, 15) is 9.59 Å². The van der Waals surface area contributed by atoms with E-state index in [0.29, 0.717) is 5.02 Å². The van der Waals surface area contributed by atoms with Crippen LogP contribution in [0.2, 0.25) is 5.02 Å². The lowest BCUT2D eigenvalue weighted by molar-refractivity contribution is -0.135. The summed E-state index contributed by atoms with van der Waals surface area (Å²) in [6, 6.07) is 19.8. The minimum atomic E-state index is -0.823.